The molecule has 20 heavy (non-hydrogen) atoms. The highest BCUT2D eigenvalue weighted by molar-refractivity contribution is 5.69. The zero-order valence-electron chi connectivity index (χ0n) is 11.6. The molecule has 1 heterocycles. The van der Waals surface area contributed by atoms with E-state index in [1.807, 2.05) is 25.2 Å². The monoisotopic (exact) mass is 271 g/mol. The highest BCUT2D eigenvalue weighted by Crippen LogP contribution is 2.32. The van der Waals surface area contributed by atoms with E-state index in [1.54, 1.807) is 6.07 Å². The number of hydrogen-bond donors (Lipinski definition) is 1. The van der Waals surface area contributed by atoms with E-state index in [0.29, 0.717) is 0 Å². The number of halogens is 1. The van der Waals surface area contributed by atoms with Crippen LogP contribution in [0.5, 0.6) is 5.75 Å². The lowest BCUT2D eigenvalue weighted by Gasteiger charge is -2.18. The van der Waals surface area contributed by atoms with Crippen LogP contribution in [0.25, 0.3) is 11.1 Å². The Kier molecular flexibility index (Phi) is 3.70. The van der Waals surface area contributed by atoms with Crippen molar-refractivity contribution in [2.45, 2.75) is 19.4 Å². The van der Waals surface area contributed by atoms with E-state index in [2.05, 4.69) is 11.4 Å². The van der Waals surface area contributed by atoms with Crippen molar-refractivity contribution in [1.29, 1.82) is 0 Å². The van der Waals surface area contributed by atoms with Crippen molar-refractivity contribution in [3.63, 3.8) is 0 Å². The van der Waals surface area contributed by atoms with Gasteiger partial charge in [0.05, 0.1) is 6.61 Å². The third kappa shape index (κ3) is 2.54. The van der Waals surface area contributed by atoms with Gasteiger partial charge >= 0.3 is 0 Å². The average molecular weight is 271 g/mol. The largest absolute Gasteiger partial charge is 0.493 e. The third-order valence-electron chi connectivity index (χ3n) is 3.66. The summed E-state index contributed by atoms with van der Waals surface area (Å²) in [7, 11) is 1.90. The molecular weight excluding hydrogens is 253 g/mol. The molecule has 0 spiro atoms. The summed E-state index contributed by atoms with van der Waals surface area (Å²) >= 11 is 0. The molecule has 2 aromatic rings. The van der Waals surface area contributed by atoms with Crippen LogP contribution in [0.4, 0.5) is 4.39 Å². The molecule has 3 rings (SSSR count). The van der Waals surface area contributed by atoms with Crippen LogP contribution in [0.2, 0.25) is 0 Å². The zero-order chi connectivity index (χ0) is 13.9. The van der Waals surface area contributed by atoms with Crippen LogP contribution < -0.4 is 10.1 Å². The lowest BCUT2D eigenvalue weighted by Crippen LogP contribution is -2.09. The molecule has 0 aromatic heterocycles. The van der Waals surface area contributed by atoms with Crippen LogP contribution in [0.1, 0.15) is 17.5 Å². The van der Waals surface area contributed by atoms with Crippen LogP contribution >= 0.6 is 0 Å². The summed E-state index contributed by atoms with van der Waals surface area (Å²) in [6, 6.07) is 11.1. The molecule has 1 aliphatic heterocycles. The first kappa shape index (κ1) is 13.1. The first-order valence-corrected chi connectivity index (χ1v) is 6.97. The van der Waals surface area contributed by atoms with E-state index in [-0.39, 0.29) is 5.82 Å². The summed E-state index contributed by atoms with van der Waals surface area (Å²) in [5, 5.41) is 3.13. The minimum Gasteiger partial charge on any atom is -0.493 e. The van der Waals surface area contributed by atoms with Gasteiger partial charge in [-0.2, -0.15) is 0 Å². The normalized spacial score (nSPS) is 13.7. The molecule has 0 radical (unpaired) electrons. The quantitative estimate of drug-likeness (QED) is 0.922. The molecule has 0 fully saturated rings. The molecule has 1 N–H and O–H groups in total. The van der Waals surface area contributed by atoms with Crippen molar-refractivity contribution in [2.75, 3.05) is 13.7 Å². The third-order valence-corrected chi connectivity index (χ3v) is 3.66. The number of nitrogens with one attached hydrogen (secondary N) is 1. The molecule has 2 nitrogen and oxygen atoms in total. The van der Waals surface area contributed by atoms with Crippen molar-refractivity contribution in [1.82, 2.24) is 5.32 Å². The van der Waals surface area contributed by atoms with Gasteiger partial charge in [-0.1, -0.05) is 12.1 Å². The van der Waals surface area contributed by atoms with Crippen LogP contribution in [-0.2, 0) is 13.0 Å². The second kappa shape index (κ2) is 5.63. The molecule has 2 aromatic carbocycles. The number of fused-ring (bicyclic) bond motifs is 1. The summed E-state index contributed by atoms with van der Waals surface area (Å²) in [4.78, 5) is 0. The number of benzene rings is 2. The number of aryl methyl sites for hydroxylation is 1. The number of rotatable bonds is 3. The van der Waals surface area contributed by atoms with Crippen molar-refractivity contribution in [3.8, 4) is 16.9 Å². The van der Waals surface area contributed by atoms with E-state index >= 15 is 0 Å². The highest BCUT2D eigenvalue weighted by atomic mass is 19.1. The Bertz CT molecular complexity index is 624. The first-order chi connectivity index (χ1) is 9.78. The van der Waals surface area contributed by atoms with Gasteiger partial charge in [-0.25, -0.2) is 4.39 Å². The van der Waals surface area contributed by atoms with Gasteiger partial charge in [0.25, 0.3) is 0 Å². The van der Waals surface area contributed by atoms with Gasteiger partial charge in [0, 0.05) is 6.54 Å². The molecule has 0 saturated heterocycles. The molecule has 0 saturated carbocycles. The topological polar surface area (TPSA) is 21.3 Å². The molecule has 104 valence electrons. The fourth-order valence-electron chi connectivity index (χ4n) is 2.69. The fourth-order valence-corrected chi connectivity index (χ4v) is 2.69. The van der Waals surface area contributed by atoms with Crippen molar-refractivity contribution < 1.29 is 9.13 Å². The second-order valence-corrected chi connectivity index (χ2v) is 5.11. The number of ether oxygens (including phenoxy) is 1. The number of hydrogen-bond acceptors (Lipinski definition) is 2. The molecule has 0 atom stereocenters. The Morgan fingerprint density at radius 1 is 1.20 bits per heavy atom. The van der Waals surface area contributed by atoms with E-state index in [0.717, 1.165) is 48.4 Å². The SMILES string of the molecule is CNCc1ccc(F)cc1-c1ccc2c(c1)CCCO2. The van der Waals surface area contributed by atoms with Crippen molar-refractivity contribution in [3.05, 3.63) is 53.3 Å². The van der Waals surface area contributed by atoms with Crippen LogP contribution in [0.3, 0.4) is 0 Å². The standard InChI is InChI=1S/C17H18FNO/c1-19-11-14-4-6-15(18)10-16(14)12-5-7-17-13(9-12)3-2-8-20-17/h4-7,9-10,19H,2-3,8,11H2,1H3. The molecule has 1 aliphatic rings. The zero-order valence-corrected chi connectivity index (χ0v) is 11.6. The molecule has 0 aliphatic carbocycles. The predicted molar refractivity (Wildman–Crippen MR) is 78.4 cm³/mol. The van der Waals surface area contributed by atoms with Crippen molar-refractivity contribution >= 4 is 0 Å². The second-order valence-electron chi connectivity index (χ2n) is 5.11. The van der Waals surface area contributed by atoms with Gasteiger partial charge in [-0.3, -0.25) is 0 Å². The van der Waals surface area contributed by atoms with Gasteiger partial charge in [-0.05, 0) is 66.4 Å². The van der Waals surface area contributed by atoms with Gasteiger partial charge in [0.1, 0.15) is 11.6 Å². The summed E-state index contributed by atoms with van der Waals surface area (Å²) in [6.07, 6.45) is 2.07. The van der Waals surface area contributed by atoms with Gasteiger partial charge < -0.3 is 10.1 Å². The molecule has 0 amide bonds. The van der Waals surface area contributed by atoms with Crippen molar-refractivity contribution in [2.24, 2.45) is 0 Å². The fraction of sp³-hybridized carbons (Fsp3) is 0.294. The average Bonchev–Trinajstić information content (AvgIpc) is 2.49. The minimum absolute atomic E-state index is 0.200. The van der Waals surface area contributed by atoms with E-state index < -0.39 is 0 Å². The highest BCUT2D eigenvalue weighted by Gasteiger charge is 2.13. The van der Waals surface area contributed by atoms with Gasteiger partial charge in [-0.15, -0.1) is 0 Å². The maximum atomic E-state index is 13.6. The molecule has 3 heteroatoms. The smallest absolute Gasteiger partial charge is 0.123 e. The van der Waals surface area contributed by atoms with Gasteiger partial charge in [0.2, 0.25) is 0 Å². The lowest BCUT2D eigenvalue weighted by atomic mass is 9.95. The van der Waals surface area contributed by atoms with Crippen LogP contribution in [-0.4, -0.2) is 13.7 Å². The van der Waals surface area contributed by atoms with E-state index in [4.69, 9.17) is 4.74 Å². The first-order valence-electron chi connectivity index (χ1n) is 6.97. The maximum Gasteiger partial charge on any atom is 0.123 e. The van der Waals surface area contributed by atoms with Crippen LogP contribution in [0.15, 0.2) is 36.4 Å². The lowest BCUT2D eigenvalue weighted by molar-refractivity contribution is 0.288. The summed E-state index contributed by atoms with van der Waals surface area (Å²) in [5.41, 5.74) is 4.32. The maximum absolute atomic E-state index is 13.6. The Labute approximate surface area is 118 Å². The van der Waals surface area contributed by atoms with E-state index in [9.17, 15) is 4.39 Å². The Morgan fingerprint density at radius 2 is 2.10 bits per heavy atom. The molecular formula is C17H18FNO. The summed E-state index contributed by atoms with van der Waals surface area (Å²) in [5.74, 6) is 0.764. The Hall–Kier alpha value is -1.87. The van der Waals surface area contributed by atoms with E-state index in [1.165, 1.54) is 11.6 Å². The Balaban J connectivity index is 2.05. The minimum atomic E-state index is -0.200. The summed E-state index contributed by atoms with van der Waals surface area (Å²) in [6.45, 7) is 1.51. The summed E-state index contributed by atoms with van der Waals surface area (Å²) < 4.78 is 19.2. The van der Waals surface area contributed by atoms with Crippen LogP contribution in [0, 0.1) is 5.82 Å². The Morgan fingerprint density at radius 3 is 2.95 bits per heavy atom. The van der Waals surface area contributed by atoms with Gasteiger partial charge in [0.15, 0.2) is 0 Å². The molecule has 0 bridgehead atoms. The predicted octanol–water partition coefficient (Wildman–Crippen LogP) is 3.54. The molecule has 0 unspecified atom stereocenters.